The van der Waals surface area contributed by atoms with Crippen LogP contribution in [0.2, 0.25) is 0 Å². The molecule has 1 aliphatic rings. The molecule has 0 saturated heterocycles. The van der Waals surface area contributed by atoms with Gasteiger partial charge in [-0.15, -0.1) is 0 Å². The van der Waals surface area contributed by atoms with Gasteiger partial charge in [-0.2, -0.15) is 12.8 Å². The van der Waals surface area contributed by atoms with Crippen LogP contribution in [0.25, 0.3) is 0 Å². The summed E-state index contributed by atoms with van der Waals surface area (Å²) in [5.74, 6) is -0.210. The number of halogens is 4. The zero-order valence-corrected chi connectivity index (χ0v) is 19.1. The van der Waals surface area contributed by atoms with Gasteiger partial charge < -0.3 is 0 Å². The maximum Gasteiger partial charge on any atom is 0.282 e. The van der Waals surface area contributed by atoms with Gasteiger partial charge in [0.1, 0.15) is 4.32 Å². The first-order chi connectivity index (χ1) is 10.5. The van der Waals surface area contributed by atoms with E-state index >= 15 is 0 Å². The zero-order chi connectivity index (χ0) is 17.6. The second kappa shape index (κ2) is 6.82. The lowest BCUT2D eigenvalue weighted by Crippen LogP contribution is -2.46. The van der Waals surface area contributed by atoms with Gasteiger partial charge in [0.15, 0.2) is 5.78 Å². The van der Waals surface area contributed by atoms with Gasteiger partial charge >= 0.3 is 0 Å². The summed E-state index contributed by atoms with van der Waals surface area (Å²) in [6, 6.07) is 6.43. The Balaban J connectivity index is 2.61. The molecule has 0 unspecified atom stereocenters. The Labute approximate surface area is 168 Å². The van der Waals surface area contributed by atoms with Crippen LogP contribution in [0.4, 0.5) is 0 Å². The Bertz CT molecular complexity index is 826. The fraction of sp³-hybridized carbons (Fsp3) is 0.286. The minimum atomic E-state index is -3.89. The summed E-state index contributed by atoms with van der Waals surface area (Å²) in [5.41, 5.74) is 1.17. The van der Waals surface area contributed by atoms with Crippen molar-refractivity contribution in [2.75, 3.05) is 0 Å². The molecule has 1 aromatic carbocycles. The summed E-state index contributed by atoms with van der Waals surface area (Å²) in [6.07, 6.45) is 0. The summed E-state index contributed by atoms with van der Waals surface area (Å²) < 4.78 is 28.6. The van der Waals surface area contributed by atoms with Crippen LogP contribution in [-0.4, -0.2) is 29.1 Å². The van der Waals surface area contributed by atoms with Crippen LogP contribution in [-0.2, 0) is 14.8 Å². The minimum absolute atomic E-state index is 0.0971. The van der Waals surface area contributed by atoms with Crippen molar-refractivity contribution in [3.8, 4) is 0 Å². The van der Waals surface area contributed by atoms with Crippen LogP contribution in [0.1, 0.15) is 12.5 Å². The normalized spacial score (nSPS) is 27.7. The van der Waals surface area contributed by atoms with Crippen LogP contribution >= 0.6 is 63.7 Å². The fourth-order valence-corrected chi connectivity index (χ4v) is 5.82. The number of Topliss-reactive ketones (excluding diaryl/α,β-unsaturated/α-hetero) is 1. The lowest BCUT2D eigenvalue weighted by atomic mass is 9.93. The number of carbonyl (C=O) groups excluding carboxylic acids is 1. The number of carbonyl (C=O) groups is 1. The molecule has 0 fully saturated rings. The Hall–Kier alpha value is 0.170. The van der Waals surface area contributed by atoms with Gasteiger partial charge in [-0.05, 0) is 57.8 Å². The van der Waals surface area contributed by atoms with Crippen molar-refractivity contribution in [2.24, 2.45) is 4.40 Å². The molecular formula is C14H11Br4NO3S. The number of hydrogen-bond acceptors (Lipinski definition) is 3. The van der Waals surface area contributed by atoms with Crippen LogP contribution in [0.15, 0.2) is 42.5 Å². The van der Waals surface area contributed by atoms with E-state index in [1.165, 1.54) is 12.1 Å². The minimum Gasteiger partial charge on any atom is -0.292 e. The molecule has 0 N–H and O–H groups in total. The molecule has 0 aliphatic heterocycles. The van der Waals surface area contributed by atoms with E-state index < -0.39 is 19.2 Å². The molecular weight excluding hydrogens is 582 g/mol. The van der Waals surface area contributed by atoms with E-state index in [-0.39, 0.29) is 20.9 Å². The van der Waals surface area contributed by atoms with Crippen LogP contribution < -0.4 is 0 Å². The molecule has 1 aliphatic carbocycles. The number of allylic oxidation sites excluding steroid dienone is 2. The molecule has 0 radical (unpaired) electrons. The van der Waals surface area contributed by atoms with Crippen LogP contribution in [0.3, 0.4) is 0 Å². The largest absolute Gasteiger partial charge is 0.292 e. The third kappa shape index (κ3) is 3.73. The molecule has 0 saturated carbocycles. The molecule has 4 nitrogen and oxygen atoms in total. The van der Waals surface area contributed by atoms with Crippen molar-refractivity contribution in [3.63, 3.8) is 0 Å². The molecule has 0 heterocycles. The van der Waals surface area contributed by atoms with Crippen molar-refractivity contribution in [1.29, 1.82) is 0 Å². The molecule has 0 amide bonds. The molecule has 0 spiro atoms. The van der Waals surface area contributed by atoms with E-state index in [0.717, 1.165) is 5.56 Å². The summed E-state index contributed by atoms with van der Waals surface area (Å²) in [5, 5.41) is 0. The smallest absolute Gasteiger partial charge is 0.282 e. The van der Waals surface area contributed by atoms with Crippen LogP contribution in [0, 0.1) is 6.92 Å². The average Bonchev–Trinajstić information content (AvgIpc) is 2.49. The van der Waals surface area contributed by atoms with E-state index in [1.54, 1.807) is 19.1 Å². The first-order valence-corrected chi connectivity index (χ1v) is 11.1. The van der Waals surface area contributed by atoms with Crippen molar-refractivity contribution in [1.82, 2.24) is 0 Å². The van der Waals surface area contributed by atoms with E-state index in [2.05, 4.69) is 68.1 Å². The highest BCUT2D eigenvalue weighted by Gasteiger charge is 2.47. The van der Waals surface area contributed by atoms with Gasteiger partial charge in [0.25, 0.3) is 10.0 Å². The Morgan fingerprint density at radius 3 is 2.17 bits per heavy atom. The number of rotatable bonds is 2. The Morgan fingerprint density at radius 2 is 1.65 bits per heavy atom. The van der Waals surface area contributed by atoms with Crippen molar-refractivity contribution < 1.29 is 13.2 Å². The van der Waals surface area contributed by atoms with E-state index in [4.69, 9.17) is 0 Å². The monoisotopic (exact) mass is 589 g/mol. The number of sulfonamides is 1. The molecule has 2 atom stereocenters. The summed E-state index contributed by atoms with van der Waals surface area (Å²) in [7, 11) is -3.89. The zero-order valence-electron chi connectivity index (χ0n) is 12.0. The summed E-state index contributed by atoms with van der Waals surface area (Å²) in [4.78, 5) is 11.8. The highest BCUT2D eigenvalue weighted by molar-refractivity contribution is 9.15. The van der Waals surface area contributed by atoms with E-state index in [0.29, 0.717) is 4.48 Å². The first kappa shape index (κ1) is 19.5. The molecule has 23 heavy (non-hydrogen) atoms. The third-order valence-corrected chi connectivity index (χ3v) is 9.49. The van der Waals surface area contributed by atoms with Gasteiger partial charge in [-0.25, -0.2) is 0 Å². The SMILES string of the molecule is Cc1ccc(S(=O)(=O)N=C2C(Br)=C(Br)C(=O)[C@](C)(Br)[C@H]2Br)cc1. The lowest BCUT2D eigenvalue weighted by Gasteiger charge is -2.32. The standard InChI is InChI=1S/C14H11Br4NO3S/c1-7-3-5-8(6-4-7)23(21,22)19-11-9(15)10(16)13(20)14(2,18)12(11)17/h3-6,12H,1-2H3/t12-,14+/m0/s1. The predicted molar refractivity (Wildman–Crippen MR) is 106 cm³/mol. The average molecular weight is 593 g/mol. The van der Waals surface area contributed by atoms with Gasteiger partial charge in [0.05, 0.1) is 24.4 Å². The number of benzene rings is 1. The fourth-order valence-electron chi connectivity index (χ4n) is 1.89. The number of nitrogens with zero attached hydrogens (tertiary/aromatic N) is 1. The molecule has 9 heteroatoms. The second-order valence-corrected chi connectivity index (χ2v) is 10.9. The highest BCUT2D eigenvalue weighted by atomic mass is 79.9. The number of hydrogen-bond donors (Lipinski definition) is 0. The molecule has 0 bridgehead atoms. The topological polar surface area (TPSA) is 63.6 Å². The van der Waals surface area contributed by atoms with Gasteiger partial charge in [-0.3, -0.25) is 4.79 Å². The van der Waals surface area contributed by atoms with E-state index in [9.17, 15) is 13.2 Å². The number of aryl methyl sites for hydroxylation is 1. The van der Waals surface area contributed by atoms with Crippen molar-refractivity contribution >= 4 is 85.2 Å². The number of alkyl halides is 2. The maximum absolute atomic E-state index is 12.5. The summed E-state index contributed by atoms with van der Waals surface area (Å²) >= 11 is 13.2. The van der Waals surface area contributed by atoms with Gasteiger partial charge in [0, 0.05) is 0 Å². The molecule has 0 aromatic heterocycles. The lowest BCUT2D eigenvalue weighted by molar-refractivity contribution is -0.116. The van der Waals surface area contributed by atoms with Crippen molar-refractivity contribution in [2.45, 2.75) is 27.9 Å². The first-order valence-electron chi connectivity index (χ1n) is 6.33. The summed E-state index contributed by atoms with van der Waals surface area (Å²) in [6.45, 7) is 3.53. The maximum atomic E-state index is 12.5. The van der Waals surface area contributed by atoms with Gasteiger partial charge in [-0.1, -0.05) is 49.6 Å². The van der Waals surface area contributed by atoms with Gasteiger partial charge in [0.2, 0.25) is 0 Å². The Kier molecular flexibility index (Phi) is 5.78. The third-order valence-electron chi connectivity index (χ3n) is 3.31. The van der Waals surface area contributed by atoms with Crippen molar-refractivity contribution in [3.05, 3.63) is 38.8 Å². The van der Waals surface area contributed by atoms with Crippen LogP contribution in [0.5, 0.6) is 0 Å². The molecule has 1 aromatic rings. The Morgan fingerprint density at radius 1 is 1.13 bits per heavy atom. The molecule has 124 valence electrons. The second-order valence-electron chi connectivity index (χ2n) is 5.16. The number of ketones is 1. The quantitative estimate of drug-likeness (QED) is 0.471. The predicted octanol–water partition coefficient (Wildman–Crippen LogP) is 4.63. The highest BCUT2D eigenvalue weighted by Crippen LogP contribution is 2.43. The van der Waals surface area contributed by atoms with E-state index in [1.807, 2.05) is 6.92 Å². The molecule has 2 rings (SSSR count).